The molecular weight excluding hydrogens is 1090 g/mol. The van der Waals surface area contributed by atoms with Crippen LogP contribution in [0.4, 0.5) is 0 Å². The first-order chi connectivity index (χ1) is 42.7. The summed E-state index contributed by atoms with van der Waals surface area (Å²) in [6.45, 7) is 5.64. The number of carbonyl (C=O) groups is 2. The standard InChI is InChI=1S/C76H131NO10/c1-4-7-10-13-16-19-22-24-26-28-30-32-33-34-35-36-37-38-40-42-44-46-49-52-55-58-61-64-71(81)87-74-73(83)72(82)70(65-78)86-76(74)85-66-67(68(79)62-59-56-53-50-47-21-18-15-12-9-6-3)77-75(84)69(80)63-60-57-54-51-48-45-43-41-39-31-29-27-25-23-20-17-14-11-8-5-2/h8,11,16-17,19-20,24-27,31,39,43,45,51,54,59,62,67-70,72-74,76,78-80,82-83H,4-7,9-10,12-15,18,21-23,28-30,32-38,40-42,44,46-50,52-53,55-58,60-61,63-66H2,1-3H3,(H,77,84)/b11-8-,19-16-,20-17-,26-24-,27-25-,39-31-,45-43-,54-51-,62-59+. The van der Waals surface area contributed by atoms with Crippen LogP contribution in [0.2, 0.25) is 0 Å². The molecule has 0 bridgehead atoms. The summed E-state index contributed by atoms with van der Waals surface area (Å²) in [4.78, 5) is 26.6. The van der Waals surface area contributed by atoms with Gasteiger partial charge in [-0.3, -0.25) is 9.59 Å². The number of amides is 1. The predicted octanol–water partition coefficient (Wildman–Crippen LogP) is 18.4. The Hall–Kier alpha value is -3.68. The van der Waals surface area contributed by atoms with Crippen LogP contribution in [0.1, 0.15) is 297 Å². The SMILES string of the molecule is CC/C=C\C/C=C\C/C=C\C/C=C\C/C=C\C/C=C\CCCC(O)C(=O)NC(COC1OC(CO)C(O)C(O)C1OC(=O)CCCCCCCCCCCCCCCCCCC/C=C\C/C=C\CCCCC)C(O)/C=C/CCCCCCCCCCC. The molecule has 0 aromatic carbocycles. The van der Waals surface area contributed by atoms with E-state index < -0.39 is 67.4 Å². The number of hydrogen-bond acceptors (Lipinski definition) is 10. The summed E-state index contributed by atoms with van der Waals surface area (Å²) in [6, 6.07) is -1.05. The van der Waals surface area contributed by atoms with Crippen LogP contribution in [0.25, 0.3) is 0 Å². The van der Waals surface area contributed by atoms with Gasteiger partial charge < -0.3 is 45.1 Å². The number of nitrogens with one attached hydrogen (secondary N) is 1. The Balaban J connectivity index is 2.56. The number of carbonyl (C=O) groups excluding carboxylic acids is 2. The van der Waals surface area contributed by atoms with E-state index >= 15 is 0 Å². The molecule has 6 N–H and O–H groups in total. The van der Waals surface area contributed by atoms with Crippen LogP contribution < -0.4 is 5.32 Å². The number of esters is 1. The van der Waals surface area contributed by atoms with E-state index in [1.54, 1.807) is 6.08 Å². The molecule has 1 aliphatic heterocycles. The topological polar surface area (TPSA) is 175 Å². The Morgan fingerprint density at radius 3 is 1.26 bits per heavy atom. The molecule has 1 amide bonds. The molecule has 8 unspecified atom stereocenters. The summed E-state index contributed by atoms with van der Waals surface area (Å²) in [5, 5.41) is 57.1. The highest BCUT2D eigenvalue weighted by molar-refractivity contribution is 5.80. The van der Waals surface area contributed by atoms with Crippen LogP contribution in [0.3, 0.4) is 0 Å². The molecule has 11 heteroatoms. The summed E-state index contributed by atoms with van der Waals surface area (Å²) >= 11 is 0. The molecule has 87 heavy (non-hydrogen) atoms. The molecule has 0 aromatic heterocycles. The largest absolute Gasteiger partial charge is 0.454 e. The Morgan fingerprint density at radius 1 is 0.460 bits per heavy atom. The smallest absolute Gasteiger partial charge is 0.306 e. The van der Waals surface area contributed by atoms with E-state index in [-0.39, 0.29) is 19.4 Å². The highest BCUT2D eigenvalue weighted by Gasteiger charge is 2.47. The van der Waals surface area contributed by atoms with E-state index in [4.69, 9.17) is 14.2 Å². The maximum atomic E-state index is 13.4. The van der Waals surface area contributed by atoms with E-state index in [2.05, 4.69) is 117 Å². The van der Waals surface area contributed by atoms with Crippen molar-refractivity contribution < 1.29 is 49.3 Å². The molecule has 11 nitrogen and oxygen atoms in total. The molecule has 1 rings (SSSR count). The maximum Gasteiger partial charge on any atom is 0.306 e. The maximum absolute atomic E-state index is 13.4. The van der Waals surface area contributed by atoms with Gasteiger partial charge in [0.2, 0.25) is 5.91 Å². The van der Waals surface area contributed by atoms with Crippen molar-refractivity contribution in [3.8, 4) is 0 Å². The summed E-state index contributed by atoms with van der Waals surface area (Å²) in [5.41, 5.74) is 0. The molecule has 1 heterocycles. The normalized spacial score (nSPS) is 18.9. The number of aliphatic hydroxyl groups is 5. The van der Waals surface area contributed by atoms with Crippen molar-refractivity contribution in [2.75, 3.05) is 13.2 Å². The zero-order valence-corrected chi connectivity index (χ0v) is 55.6. The number of hydrogen-bond donors (Lipinski definition) is 6. The van der Waals surface area contributed by atoms with E-state index in [9.17, 15) is 35.1 Å². The summed E-state index contributed by atoms with van der Waals surface area (Å²) in [6.07, 6.45) is 75.7. The quantitative estimate of drug-likeness (QED) is 0.0195. The molecular formula is C76H131NO10. The molecule has 0 spiro atoms. The number of ether oxygens (including phenoxy) is 3. The third-order valence-corrected chi connectivity index (χ3v) is 16.2. The lowest BCUT2D eigenvalue weighted by molar-refractivity contribution is -0.305. The first kappa shape index (κ1) is 81.3. The molecule has 0 aromatic rings. The highest BCUT2D eigenvalue weighted by atomic mass is 16.7. The molecule has 1 fully saturated rings. The van der Waals surface area contributed by atoms with Crippen LogP contribution in [0, 0.1) is 0 Å². The minimum Gasteiger partial charge on any atom is -0.454 e. The van der Waals surface area contributed by atoms with Crippen molar-refractivity contribution in [1.29, 1.82) is 0 Å². The van der Waals surface area contributed by atoms with Gasteiger partial charge in [-0.05, 0) is 109 Å². The van der Waals surface area contributed by atoms with Crippen LogP contribution in [-0.2, 0) is 23.8 Å². The van der Waals surface area contributed by atoms with E-state index in [1.807, 2.05) is 12.2 Å². The summed E-state index contributed by atoms with van der Waals surface area (Å²) in [7, 11) is 0. The molecule has 1 aliphatic rings. The first-order valence-corrected chi connectivity index (χ1v) is 35.7. The van der Waals surface area contributed by atoms with E-state index in [0.717, 1.165) is 89.9 Å². The third-order valence-electron chi connectivity index (χ3n) is 16.2. The zero-order chi connectivity index (χ0) is 63.1. The Labute approximate surface area is 532 Å². The predicted molar refractivity (Wildman–Crippen MR) is 365 cm³/mol. The van der Waals surface area contributed by atoms with Crippen LogP contribution in [0.5, 0.6) is 0 Å². The lowest BCUT2D eigenvalue weighted by Gasteiger charge is -2.41. The Morgan fingerprint density at radius 2 is 0.828 bits per heavy atom. The monoisotopic (exact) mass is 1220 g/mol. The van der Waals surface area contributed by atoms with Gasteiger partial charge in [0.25, 0.3) is 0 Å². The minimum absolute atomic E-state index is 0.115. The zero-order valence-electron chi connectivity index (χ0n) is 55.6. The fraction of sp³-hybridized carbons (Fsp3) is 0.737. The third kappa shape index (κ3) is 49.7. The fourth-order valence-corrected chi connectivity index (χ4v) is 10.6. The van der Waals surface area contributed by atoms with E-state index in [1.165, 1.54) is 154 Å². The van der Waals surface area contributed by atoms with Gasteiger partial charge >= 0.3 is 5.97 Å². The number of allylic oxidation sites excluding steroid dienone is 17. The lowest BCUT2D eigenvalue weighted by Crippen LogP contribution is -2.61. The van der Waals surface area contributed by atoms with Gasteiger partial charge in [0.15, 0.2) is 12.4 Å². The van der Waals surface area contributed by atoms with Crippen molar-refractivity contribution in [3.05, 3.63) is 109 Å². The van der Waals surface area contributed by atoms with Gasteiger partial charge in [-0.25, -0.2) is 0 Å². The Kier molecular flexibility index (Phi) is 58.4. The van der Waals surface area contributed by atoms with E-state index in [0.29, 0.717) is 19.3 Å². The highest BCUT2D eigenvalue weighted by Crippen LogP contribution is 2.26. The minimum atomic E-state index is -1.63. The molecule has 0 saturated carbocycles. The average Bonchev–Trinajstić information content (AvgIpc) is 1.56. The number of unbranched alkanes of at least 4 members (excludes halogenated alkanes) is 30. The molecule has 0 aliphatic carbocycles. The molecule has 0 radical (unpaired) electrons. The molecule has 1 saturated heterocycles. The Bertz CT molecular complexity index is 1830. The van der Waals surface area contributed by atoms with Gasteiger partial charge in [-0.2, -0.15) is 0 Å². The van der Waals surface area contributed by atoms with Crippen LogP contribution in [-0.4, -0.2) is 99.6 Å². The second-order valence-corrected chi connectivity index (χ2v) is 24.2. The number of rotatable bonds is 60. The van der Waals surface area contributed by atoms with Crippen LogP contribution in [0.15, 0.2) is 109 Å². The van der Waals surface area contributed by atoms with Crippen molar-refractivity contribution in [3.63, 3.8) is 0 Å². The van der Waals surface area contributed by atoms with Gasteiger partial charge in [-0.15, -0.1) is 0 Å². The van der Waals surface area contributed by atoms with Crippen molar-refractivity contribution in [2.45, 2.75) is 346 Å². The van der Waals surface area contributed by atoms with Crippen molar-refractivity contribution >= 4 is 11.9 Å². The van der Waals surface area contributed by atoms with Crippen molar-refractivity contribution in [2.24, 2.45) is 0 Å². The first-order valence-electron chi connectivity index (χ1n) is 35.7. The molecule has 8 atom stereocenters. The fourth-order valence-electron chi connectivity index (χ4n) is 10.6. The van der Waals surface area contributed by atoms with Crippen LogP contribution >= 0.6 is 0 Å². The lowest BCUT2D eigenvalue weighted by atomic mass is 9.99. The number of aliphatic hydroxyl groups excluding tert-OH is 5. The summed E-state index contributed by atoms with van der Waals surface area (Å²) < 4.78 is 17.7. The van der Waals surface area contributed by atoms with Gasteiger partial charge in [0, 0.05) is 6.42 Å². The second kappa shape index (κ2) is 62.5. The summed E-state index contributed by atoms with van der Waals surface area (Å²) in [5.74, 6) is -1.24. The van der Waals surface area contributed by atoms with Gasteiger partial charge in [0.05, 0.1) is 25.4 Å². The second-order valence-electron chi connectivity index (χ2n) is 24.2. The average molecular weight is 1220 g/mol. The molecule has 500 valence electrons. The van der Waals surface area contributed by atoms with Gasteiger partial charge in [-0.1, -0.05) is 291 Å². The van der Waals surface area contributed by atoms with Gasteiger partial charge in [0.1, 0.15) is 24.4 Å². The van der Waals surface area contributed by atoms with Crippen molar-refractivity contribution in [1.82, 2.24) is 5.32 Å².